The molecule has 0 rings (SSSR count). The van der Waals surface area contributed by atoms with Crippen molar-refractivity contribution in [1.82, 2.24) is 5.32 Å². The van der Waals surface area contributed by atoms with E-state index in [9.17, 15) is 0 Å². The molecule has 14 heavy (non-hydrogen) atoms. The molecular formula is C13H29N. The maximum atomic E-state index is 3.51. The van der Waals surface area contributed by atoms with Gasteiger partial charge in [0.2, 0.25) is 0 Å². The highest BCUT2D eigenvalue weighted by atomic mass is 14.8. The highest BCUT2D eigenvalue weighted by molar-refractivity contribution is 4.67. The summed E-state index contributed by atoms with van der Waals surface area (Å²) in [4.78, 5) is 0. The van der Waals surface area contributed by atoms with Crippen LogP contribution in [-0.2, 0) is 0 Å². The SMILES string of the molecule is CCCNCC(C)C(C)CC(C)CC. The fraction of sp³-hybridized carbons (Fsp3) is 1.00. The van der Waals surface area contributed by atoms with E-state index in [1.807, 2.05) is 0 Å². The summed E-state index contributed by atoms with van der Waals surface area (Å²) in [5.74, 6) is 2.56. The summed E-state index contributed by atoms with van der Waals surface area (Å²) >= 11 is 0. The monoisotopic (exact) mass is 199 g/mol. The van der Waals surface area contributed by atoms with Crippen LogP contribution in [0.15, 0.2) is 0 Å². The Bertz CT molecular complexity index is 122. The topological polar surface area (TPSA) is 12.0 Å². The van der Waals surface area contributed by atoms with E-state index in [-0.39, 0.29) is 0 Å². The second-order valence-corrected chi connectivity index (χ2v) is 4.91. The lowest BCUT2D eigenvalue weighted by Gasteiger charge is -2.23. The summed E-state index contributed by atoms with van der Waals surface area (Å²) in [6, 6.07) is 0. The molecule has 3 unspecified atom stereocenters. The third-order valence-corrected chi connectivity index (χ3v) is 3.34. The first-order valence-electron chi connectivity index (χ1n) is 6.32. The van der Waals surface area contributed by atoms with Gasteiger partial charge in [0.25, 0.3) is 0 Å². The minimum Gasteiger partial charge on any atom is -0.316 e. The Hall–Kier alpha value is -0.0400. The molecule has 0 fully saturated rings. The molecule has 0 bridgehead atoms. The molecular weight excluding hydrogens is 170 g/mol. The molecule has 0 aliphatic rings. The molecule has 0 aromatic carbocycles. The van der Waals surface area contributed by atoms with Crippen LogP contribution in [0.2, 0.25) is 0 Å². The molecule has 0 aromatic rings. The first-order valence-corrected chi connectivity index (χ1v) is 6.32. The van der Waals surface area contributed by atoms with Crippen LogP contribution in [0, 0.1) is 17.8 Å². The van der Waals surface area contributed by atoms with Crippen molar-refractivity contribution in [3.63, 3.8) is 0 Å². The van der Waals surface area contributed by atoms with Crippen molar-refractivity contribution >= 4 is 0 Å². The Kier molecular flexibility index (Phi) is 8.26. The van der Waals surface area contributed by atoms with Gasteiger partial charge >= 0.3 is 0 Å². The first-order chi connectivity index (χ1) is 6.61. The fourth-order valence-corrected chi connectivity index (χ4v) is 1.74. The van der Waals surface area contributed by atoms with Gasteiger partial charge in [-0.15, -0.1) is 0 Å². The molecule has 0 aliphatic carbocycles. The minimum atomic E-state index is 0.815. The molecule has 1 heteroatoms. The van der Waals surface area contributed by atoms with Crippen LogP contribution >= 0.6 is 0 Å². The summed E-state index contributed by atoms with van der Waals surface area (Å²) in [5, 5.41) is 3.51. The van der Waals surface area contributed by atoms with Crippen molar-refractivity contribution in [3.05, 3.63) is 0 Å². The molecule has 86 valence electrons. The molecule has 0 aromatic heterocycles. The van der Waals surface area contributed by atoms with Gasteiger partial charge in [-0.25, -0.2) is 0 Å². The molecule has 1 N–H and O–H groups in total. The maximum Gasteiger partial charge on any atom is -0.00206 e. The van der Waals surface area contributed by atoms with E-state index in [1.54, 1.807) is 0 Å². The van der Waals surface area contributed by atoms with Gasteiger partial charge in [0, 0.05) is 0 Å². The van der Waals surface area contributed by atoms with E-state index in [0.717, 1.165) is 17.8 Å². The predicted octanol–water partition coefficient (Wildman–Crippen LogP) is 3.69. The molecule has 0 radical (unpaired) electrons. The summed E-state index contributed by atoms with van der Waals surface area (Å²) < 4.78 is 0. The van der Waals surface area contributed by atoms with Gasteiger partial charge in [-0.1, -0.05) is 41.0 Å². The van der Waals surface area contributed by atoms with Crippen LogP contribution in [0.4, 0.5) is 0 Å². The van der Waals surface area contributed by atoms with Crippen molar-refractivity contribution in [2.45, 2.75) is 53.9 Å². The largest absolute Gasteiger partial charge is 0.316 e. The molecule has 3 atom stereocenters. The standard InChI is InChI=1S/C13H29N/c1-6-8-14-10-13(5)12(4)9-11(3)7-2/h11-14H,6-10H2,1-5H3. The second kappa shape index (κ2) is 8.28. The Labute approximate surface area is 90.7 Å². The fourth-order valence-electron chi connectivity index (χ4n) is 1.74. The molecule has 0 aliphatic heterocycles. The van der Waals surface area contributed by atoms with Gasteiger partial charge in [0.1, 0.15) is 0 Å². The molecule has 1 nitrogen and oxygen atoms in total. The van der Waals surface area contributed by atoms with Gasteiger partial charge in [-0.2, -0.15) is 0 Å². The first kappa shape index (κ1) is 14.0. The zero-order valence-electron chi connectivity index (χ0n) is 10.8. The Balaban J connectivity index is 3.58. The predicted molar refractivity (Wildman–Crippen MR) is 65.6 cm³/mol. The maximum absolute atomic E-state index is 3.51. The lowest BCUT2D eigenvalue weighted by Crippen LogP contribution is -2.26. The zero-order valence-corrected chi connectivity index (χ0v) is 10.8. The second-order valence-electron chi connectivity index (χ2n) is 4.91. The van der Waals surface area contributed by atoms with Crippen molar-refractivity contribution in [2.75, 3.05) is 13.1 Å². The molecule has 0 heterocycles. The number of nitrogens with one attached hydrogen (secondary N) is 1. The van der Waals surface area contributed by atoms with Crippen molar-refractivity contribution in [1.29, 1.82) is 0 Å². The van der Waals surface area contributed by atoms with E-state index in [2.05, 4.69) is 39.9 Å². The van der Waals surface area contributed by atoms with Crippen molar-refractivity contribution < 1.29 is 0 Å². The van der Waals surface area contributed by atoms with Gasteiger partial charge in [-0.3, -0.25) is 0 Å². The number of hydrogen-bond acceptors (Lipinski definition) is 1. The molecule has 0 saturated carbocycles. The Morgan fingerprint density at radius 1 is 1.00 bits per heavy atom. The van der Waals surface area contributed by atoms with Gasteiger partial charge in [-0.05, 0) is 43.7 Å². The van der Waals surface area contributed by atoms with E-state index in [4.69, 9.17) is 0 Å². The van der Waals surface area contributed by atoms with E-state index in [1.165, 1.54) is 32.4 Å². The molecule has 0 saturated heterocycles. The van der Waals surface area contributed by atoms with E-state index in [0.29, 0.717) is 0 Å². The van der Waals surface area contributed by atoms with Crippen molar-refractivity contribution in [2.24, 2.45) is 17.8 Å². The quantitative estimate of drug-likeness (QED) is 0.588. The van der Waals surface area contributed by atoms with Gasteiger partial charge in [0.15, 0.2) is 0 Å². The van der Waals surface area contributed by atoms with Crippen LogP contribution in [-0.4, -0.2) is 13.1 Å². The number of rotatable bonds is 8. The van der Waals surface area contributed by atoms with Crippen LogP contribution in [0.25, 0.3) is 0 Å². The Morgan fingerprint density at radius 2 is 1.64 bits per heavy atom. The minimum absolute atomic E-state index is 0.815. The van der Waals surface area contributed by atoms with Crippen LogP contribution in [0.1, 0.15) is 53.9 Å². The lowest BCUT2D eigenvalue weighted by atomic mass is 9.86. The molecule has 0 amide bonds. The van der Waals surface area contributed by atoms with Gasteiger partial charge in [0.05, 0.1) is 0 Å². The van der Waals surface area contributed by atoms with Crippen LogP contribution in [0.3, 0.4) is 0 Å². The molecule has 0 spiro atoms. The van der Waals surface area contributed by atoms with E-state index < -0.39 is 0 Å². The van der Waals surface area contributed by atoms with Crippen LogP contribution in [0.5, 0.6) is 0 Å². The zero-order chi connectivity index (χ0) is 11.0. The average Bonchev–Trinajstić information content (AvgIpc) is 2.17. The summed E-state index contributed by atoms with van der Waals surface area (Å²) in [6.45, 7) is 14.0. The normalized spacial score (nSPS) is 17.8. The lowest BCUT2D eigenvalue weighted by molar-refractivity contribution is 0.300. The highest BCUT2D eigenvalue weighted by Crippen LogP contribution is 2.21. The Morgan fingerprint density at radius 3 is 2.14 bits per heavy atom. The number of hydrogen-bond donors (Lipinski definition) is 1. The highest BCUT2D eigenvalue weighted by Gasteiger charge is 2.13. The third kappa shape index (κ3) is 6.42. The smallest absolute Gasteiger partial charge is 0.00206 e. The van der Waals surface area contributed by atoms with Crippen LogP contribution < -0.4 is 5.32 Å². The van der Waals surface area contributed by atoms with E-state index >= 15 is 0 Å². The summed E-state index contributed by atoms with van der Waals surface area (Å²) in [5.41, 5.74) is 0. The third-order valence-electron chi connectivity index (χ3n) is 3.34. The average molecular weight is 199 g/mol. The van der Waals surface area contributed by atoms with Gasteiger partial charge < -0.3 is 5.32 Å². The summed E-state index contributed by atoms with van der Waals surface area (Å²) in [6.07, 6.45) is 3.94. The van der Waals surface area contributed by atoms with Crippen molar-refractivity contribution in [3.8, 4) is 0 Å². The summed E-state index contributed by atoms with van der Waals surface area (Å²) in [7, 11) is 0.